The summed E-state index contributed by atoms with van der Waals surface area (Å²) in [6, 6.07) is 6.14. The Morgan fingerprint density at radius 3 is 2.57 bits per heavy atom. The van der Waals surface area contributed by atoms with Crippen LogP contribution >= 0.6 is 0 Å². The Kier molecular flexibility index (Phi) is 2.62. The van der Waals surface area contributed by atoms with E-state index in [0.717, 1.165) is 5.56 Å². The molecule has 14 heavy (non-hydrogen) atoms. The molecule has 1 aromatic rings. The number of urea groups is 1. The SMILES string of the molecule is Cc1cccc([N+](C)(N=O)C(N)=O)c1. The lowest BCUT2D eigenvalue weighted by atomic mass is 10.2. The second-order valence-corrected chi connectivity index (χ2v) is 3.22. The van der Waals surface area contributed by atoms with Crippen LogP contribution in [0.25, 0.3) is 0 Å². The highest BCUT2D eigenvalue weighted by Crippen LogP contribution is 2.22. The number of benzene rings is 1. The van der Waals surface area contributed by atoms with Gasteiger partial charge in [0.05, 0.1) is 0 Å². The van der Waals surface area contributed by atoms with Gasteiger partial charge < -0.3 is 5.73 Å². The van der Waals surface area contributed by atoms with Crippen LogP contribution in [0.4, 0.5) is 10.5 Å². The number of hydrogen-bond acceptors (Lipinski definition) is 3. The van der Waals surface area contributed by atoms with Gasteiger partial charge in [0.25, 0.3) is 0 Å². The molecular weight excluding hydrogens is 182 g/mol. The zero-order chi connectivity index (χ0) is 10.8. The number of carbonyl (C=O) groups excluding carboxylic acids is 1. The van der Waals surface area contributed by atoms with Crippen molar-refractivity contribution < 1.29 is 4.79 Å². The molecule has 1 atom stereocenters. The number of hydrogen-bond donors (Lipinski definition) is 1. The van der Waals surface area contributed by atoms with Crippen molar-refractivity contribution in [3.05, 3.63) is 34.7 Å². The third-order valence-corrected chi connectivity index (χ3v) is 2.10. The molecule has 5 heteroatoms. The number of primary amides is 1. The highest BCUT2D eigenvalue weighted by molar-refractivity contribution is 5.84. The van der Waals surface area contributed by atoms with E-state index in [1.807, 2.05) is 13.0 Å². The van der Waals surface area contributed by atoms with Gasteiger partial charge >= 0.3 is 6.03 Å². The Morgan fingerprint density at radius 2 is 2.14 bits per heavy atom. The normalized spacial score (nSPS) is 14.4. The minimum atomic E-state index is -0.800. The van der Waals surface area contributed by atoms with Crippen LogP contribution in [0.1, 0.15) is 5.56 Å². The predicted molar refractivity (Wildman–Crippen MR) is 54.3 cm³/mol. The second kappa shape index (κ2) is 3.55. The smallest absolute Gasteiger partial charge is 0.316 e. The van der Waals surface area contributed by atoms with Crippen molar-refractivity contribution in [2.24, 2.45) is 11.0 Å². The molecule has 2 N–H and O–H groups in total. The van der Waals surface area contributed by atoms with E-state index in [2.05, 4.69) is 5.29 Å². The summed E-state index contributed by atoms with van der Waals surface area (Å²) in [6.45, 7) is 1.86. The Bertz CT molecular complexity index is 378. The van der Waals surface area contributed by atoms with Crippen LogP contribution in [0.5, 0.6) is 0 Å². The molecule has 74 valence electrons. The number of nitroso groups, excluding NO2 is 1. The van der Waals surface area contributed by atoms with E-state index in [9.17, 15) is 9.70 Å². The summed E-state index contributed by atoms with van der Waals surface area (Å²) in [5, 5.41) is 2.74. The molecule has 0 saturated heterocycles. The van der Waals surface area contributed by atoms with Crippen LogP contribution in [-0.2, 0) is 0 Å². The molecule has 0 bridgehead atoms. The summed E-state index contributed by atoms with van der Waals surface area (Å²) < 4.78 is -0.776. The molecule has 5 nitrogen and oxygen atoms in total. The van der Waals surface area contributed by atoms with E-state index in [1.165, 1.54) is 7.05 Å². The van der Waals surface area contributed by atoms with Crippen molar-refractivity contribution in [1.82, 2.24) is 4.59 Å². The number of aryl methyl sites for hydroxylation is 1. The van der Waals surface area contributed by atoms with Gasteiger partial charge in [-0.25, -0.2) is 4.79 Å². The number of amides is 2. The maximum Gasteiger partial charge on any atom is 0.448 e. The fourth-order valence-corrected chi connectivity index (χ4v) is 1.11. The van der Waals surface area contributed by atoms with Gasteiger partial charge in [-0.15, -0.1) is 0 Å². The van der Waals surface area contributed by atoms with Crippen molar-refractivity contribution in [1.29, 1.82) is 0 Å². The number of nitrogens with two attached hydrogens (primary N) is 1. The van der Waals surface area contributed by atoms with Crippen LogP contribution in [0.2, 0.25) is 0 Å². The highest BCUT2D eigenvalue weighted by Gasteiger charge is 2.35. The first-order chi connectivity index (χ1) is 6.50. The summed E-state index contributed by atoms with van der Waals surface area (Å²) in [5.74, 6) is 0. The molecule has 0 heterocycles. The summed E-state index contributed by atoms with van der Waals surface area (Å²) in [6.07, 6.45) is 0. The molecule has 1 aromatic carbocycles. The Hall–Kier alpha value is -1.75. The average molecular weight is 194 g/mol. The lowest BCUT2D eigenvalue weighted by molar-refractivity contribution is 0.219. The van der Waals surface area contributed by atoms with Gasteiger partial charge in [0.15, 0.2) is 11.0 Å². The van der Waals surface area contributed by atoms with Gasteiger partial charge in [-0.1, -0.05) is 21.6 Å². The molecule has 0 saturated carbocycles. The molecule has 0 aliphatic rings. The first kappa shape index (κ1) is 10.3. The van der Waals surface area contributed by atoms with Gasteiger partial charge in [0, 0.05) is 12.1 Å². The monoisotopic (exact) mass is 194 g/mol. The van der Waals surface area contributed by atoms with E-state index >= 15 is 0 Å². The van der Waals surface area contributed by atoms with Gasteiger partial charge in [-0.3, -0.25) is 0 Å². The zero-order valence-corrected chi connectivity index (χ0v) is 8.10. The molecule has 0 radical (unpaired) electrons. The molecular formula is C9H12N3O2+. The molecule has 0 aromatic heterocycles. The van der Waals surface area contributed by atoms with Crippen molar-refractivity contribution in [3.8, 4) is 0 Å². The van der Waals surface area contributed by atoms with Crippen LogP contribution in [0, 0.1) is 11.8 Å². The Labute approximate surface area is 81.7 Å². The molecule has 1 unspecified atom stereocenters. The van der Waals surface area contributed by atoms with Crippen molar-refractivity contribution >= 4 is 11.7 Å². The highest BCUT2D eigenvalue weighted by atomic mass is 16.3. The maximum atomic E-state index is 11.1. The summed E-state index contributed by atoms with van der Waals surface area (Å²) in [5.41, 5.74) is 6.51. The van der Waals surface area contributed by atoms with Gasteiger partial charge in [0.1, 0.15) is 7.05 Å². The topological polar surface area (TPSA) is 72.5 Å². The van der Waals surface area contributed by atoms with Crippen LogP contribution in [-0.4, -0.2) is 13.1 Å². The van der Waals surface area contributed by atoms with E-state index in [0.29, 0.717) is 5.69 Å². The first-order valence-corrected chi connectivity index (χ1v) is 4.09. The summed E-state index contributed by atoms with van der Waals surface area (Å²) >= 11 is 0. The average Bonchev–Trinajstić information content (AvgIpc) is 2.16. The number of carbonyl (C=O) groups is 1. The molecule has 0 spiro atoms. The molecule has 2 amide bonds. The molecule has 0 fully saturated rings. The molecule has 1 rings (SSSR count). The second-order valence-electron chi connectivity index (χ2n) is 3.22. The molecule has 0 aliphatic carbocycles. The third kappa shape index (κ3) is 1.62. The predicted octanol–water partition coefficient (Wildman–Crippen LogP) is 1.69. The van der Waals surface area contributed by atoms with Crippen LogP contribution in [0.3, 0.4) is 0 Å². The maximum absolute atomic E-state index is 11.1. The Morgan fingerprint density at radius 1 is 1.50 bits per heavy atom. The fourth-order valence-electron chi connectivity index (χ4n) is 1.11. The van der Waals surface area contributed by atoms with Crippen LogP contribution in [0.15, 0.2) is 29.6 Å². The minimum Gasteiger partial charge on any atom is -0.316 e. The lowest BCUT2D eigenvalue weighted by Crippen LogP contribution is -2.48. The number of quaternary nitrogens is 1. The largest absolute Gasteiger partial charge is 0.448 e. The Balaban J connectivity index is 3.26. The third-order valence-electron chi connectivity index (χ3n) is 2.10. The first-order valence-electron chi connectivity index (χ1n) is 4.09. The van der Waals surface area contributed by atoms with Crippen molar-refractivity contribution in [2.45, 2.75) is 6.92 Å². The van der Waals surface area contributed by atoms with Crippen LogP contribution < -0.4 is 10.3 Å². The van der Waals surface area contributed by atoms with Gasteiger partial charge in [0.2, 0.25) is 0 Å². The van der Waals surface area contributed by atoms with Gasteiger partial charge in [-0.2, -0.15) is 0 Å². The molecule has 0 aliphatic heterocycles. The van der Waals surface area contributed by atoms with E-state index in [4.69, 9.17) is 5.73 Å². The number of rotatable bonds is 2. The number of nitrogens with zero attached hydrogens (tertiary/aromatic N) is 2. The van der Waals surface area contributed by atoms with Crippen molar-refractivity contribution in [3.63, 3.8) is 0 Å². The fraction of sp³-hybridized carbons (Fsp3) is 0.222. The van der Waals surface area contributed by atoms with E-state index < -0.39 is 10.6 Å². The summed E-state index contributed by atoms with van der Waals surface area (Å²) in [4.78, 5) is 21.7. The standard InChI is InChI=1S/C9H11N3O2/c1-7-4-3-5-8(6-7)12(2,11-14)9(10)13/h3-6H,1-2H3,(H-,10,13)/p+1. The summed E-state index contributed by atoms with van der Waals surface area (Å²) in [7, 11) is 1.35. The van der Waals surface area contributed by atoms with Gasteiger partial charge in [-0.05, 0) is 12.5 Å². The quantitative estimate of drug-likeness (QED) is 0.442. The van der Waals surface area contributed by atoms with E-state index in [1.54, 1.807) is 18.2 Å². The van der Waals surface area contributed by atoms with Crippen molar-refractivity contribution in [2.75, 3.05) is 7.05 Å². The zero-order valence-electron chi connectivity index (χ0n) is 8.10. The lowest BCUT2D eigenvalue weighted by Gasteiger charge is -2.17. The minimum absolute atomic E-state index is 0.465. The van der Waals surface area contributed by atoms with E-state index in [-0.39, 0.29) is 0 Å².